The van der Waals surface area contributed by atoms with Crippen molar-refractivity contribution in [1.29, 1.82) is 0 Å². The van der Waals surface area contributed by atoms with E-state index in [1.165, 1.54) is 19.3 Å². The highest BCUT2D eigenvalue weighted by Crippen LogP contribution is 2.28. The van der Waals surface area contributed by atoms with Crippen LogP contribution in [0.4, 0.5) is 0 Å². The van der Waals surface area contributed by atoms with Crippen molar-refractivity contribution in [2.75, 3.05) is 13.7 Å². The van der Waals surface area contributed by atoms with Crippen LogP contribution in [0.15, 0.2) is 24.3 Å². The molecule has 0 amide bonds. The van der Waals surface area contributed by atoms with Crippen LogP contribution in [0.1, 0.15) is 44.7 Å². The number of benzene rings is 1. The summed E-state index contributed by atoms with van der Waals surface area (Å²) in [5.74, 6) is 0.896. The molecule has 3 nitrogen and oxygen atoms in total. The number of methoxy groups -OCH3 is 1. The fourth-order valence-corrected chi connectivity index (χ4v) is 3.13. The number of hydrogen-bond acceptors (Lipinski definition) is 3. The van der Waals surface area contributed by atoms with Gasteiger partial charge >= 0.3 is 0 Å². The Morgan fingerprint density at radius 1 is 1.26 bits per heavy atom. The number of likely N-dealkylation sites (tertiary alicyclic amines) is 1. The molecule has 0 aromatic heterocycles. The third-order valence-corrected chi connectivity index (χ3v) is 4.32. The number of nitrogens with zero attached hydrogens (tertiary/aromatic N) is 1. The smallest absolute Gasteiger partial charge is 0.123 e. The van der Waals surface area contributed by atoms with E-state index in [0.29, 0.717) is 12.1 Å². The molecule has 3 heteroatoms. The monoisotopic (exact) mass is 262 g/mol. The second kappa shape index (κ2) is 6.40. The molecule has 19 heavy (non-hydrogen) atoms. The highest BCUT2D eigenvalue weighted by molar-refractivity contribution is 5.35. The van der Waals surface area contributed by atoms with E-state index in [-0.39, 0.29) is 6.04 Å². The van der Waals surface area contributed by atoms with Gasteiger partial charge in [-0.2, -0.15) is 0 Å². The van der Waals surface area contributed by atoms with Crippen LogP contribution in [-0.4, -0.2) is 30.6 Å². The van der Waals surface area contributed by atoms with Gasteiger partial charge in [0.1, 0.15) is 5.75 Å². The maximum Gasteiger partial charge on any atom is 0.123 e. The predicted molar refractivity (Wildman–Crippen MR) is 79.4 cm³/mol. The molecule has 0 radical (unpaired) electrons. The Hall–Kier alpha value is -1.06. The summed E-state index contributed by atoms with van der Waals surface area (Å²) in [7, 11) is 1.71. The van der Waals surface area contributed by atoms with Gasteiger partial charge < -0.3 is 10.5 Å². The van der Waals surface area contributed by atoms with Crippen LogP contribution in [0.25, 0.3) is 0 Å². The first-order valence-electron chi connectivity index (χ1n) is 7.27. The Bertz CT molecular complexity index is 397. The minimum Gasteiger partial charge on any atom is -0.496 e. The molecule has 1 aliphatic heterocycles. The summed E-state index contributed by atoms with van der Waals surface area (Å²) < 4.78 is 5.41. The molecule has 1 unspecified atom stereocenters. The van der Waals surface area contributed by atoms with Gasteiger partial charge in [-0.1, -0.05) is 24.6 Å². The molecule has 1 saturated heterocycles. The molecule has 1 heterocycles. The number of hydrogen-bond donors (Lipinski definition) is 1. The Kier molecular flexibility index (Phi) is 4.83. The van der Waals surface area contributed by atoms with Gasteiger partial charge in [0.15, 0.2) is 0 Å². The number of para-hydroxylation sites is 1. The van der Waals surface area contributed by atoms with Gasteiger partial charge in [0.05, 0.1) is 7.11 Å². The third-order valence-electron chi connectivity index (χ3n) is 4.32. The van der Waals surface area contributed by atoms with Gasteiger partial charge in [0, 0.05) is 30.2 Å². The molecule has 3 atom stereocenters. The zero-order chi connectivity index (χ0) is 13.8. The van der Waals surface area contributed by atoms with Gasteiger partial charge in [-0.15, -0.1) is 0 Å². The fourth-order valence-electron chi connectivity index (χ4n) is 3.13. The van der Waals surface area contributed by atoms with Gasteiger partial charge in [0.2, 0.25) is 0 Å². The van der Waals surface area contributed by atoms with Gasteiger partial charge in [0.25, 0.3) is 0 Å². The van der Waals surface area contributed by atoms with Gasteiger partial charge in [-0.25, -0.2) is 0 Å². The first kappa shape index (κ1) is 14.4. The second-order valence-electron chi connectivity index (χ2n) is 5.67. The SMILES string of the molecule is COc1ccccc1C(N)CN1[C@H](C)CCC[C@@H]1C. The van der Waals surface area contributed by atoms with Crippen LogP contribution in [0.2, 0.25) is 0 Å². The van der Waals surface area contributed by atoms with Crippen molar-refractivity contribution < 1.29 is 4.74 Å². The standard InChI is InChI=1S/C16H26N2O/c1-12-7-6-8-13(2)18(12)11-15(17)14-9-4-5-10-16(14)19-3/h4-5,9-10,12-13,15H,6-8,11,17H2,1-3H3/t12-,13+,15?. The maximum atomic E-state index is 6.41. The molecule has 1 aromatic rings. The first-order valence-corrected chi connectivity index (χ1v) is 7.27. The summed E-state index contributed by atoms with van der Waals surface area (Å²) >= 11 is 0. The summed E-state index contributed by atoms with van der Waals surface area (Å²) in [6.45, 7) is 5.53. The second-order valence-corrected chi connectivity index (χ2v) is 5.67. The summed E-state index contributed by atoms with van der Waals surface area (Å²) in [6.07, 6.45) is 3.90. The normalized spacial score (nSPS) is 26.1. The van der Waals surface area contributed by atoms with Crippen LogP contribution in [0.3, 0.4) is 0 Å². The van der Waals surface area contributed by atoms with Crippen molar-refractivity contribution in [3.05, 3.63) is 29.8 Å². The van der Waals surface area contributed by atoms with Crippen LogP contribution in [0, 0.1) is 0 Å². The van der Waals surface area contributed by atoms with E-state index in [1.54, 1.807) is 7.11 Å². The number of nitrogens with two attached hydrogens (primary N) is 1. The van der Waals surface area contributed by atoms with Crippen molar-refractivity contribution in [2.45, 2.75) is 51.2 Å². The van der Waals surface area contributed by atoms with Crippen molar-refractivity contribution in [1.82, 2.24) is 4.90 Å². The molecule has 1 aromatic carbocycles. The third kappa shape index (κ3) is 3.28. The molecule has 0 saturated carbocycles. The Labute approximate surface area is 116 Å². The average Bonchev–Trinajstić information content (AvgIpc) is 2.42. The van der Waals surface area contributed by atoms with Crippen molar-refractivity contribution >= 4 is 0 Å². The van der Waals surface area contributed by atoms with Crippen molar-refractivity contribution in [2.24, 2.45) is 5.73 Å². The maximum absolute atomic E-state index is 6.41. The number of piperidine rings is 1. The van der Waals surface area contributed by atoms with E-state index < -0.39 is 0 Å². The highest BCUT2D eigenvalue weighted by atomic mass is 16.5. The summed E-state index contributed by atoms with van der Waals surface area (Å²) in [5, 5.41) is 0. The summed E-state index contributed by atoms with van der Waals surface area (Å²) in [4.78, 5) is 2.54. The Morgan fingerprint density at radius 2 is 1.89 bits per heavy atom. The lowest BCUT2D eigenvalue weighted by atomic mass is 9.95. The van der Waals surface area contributed by atoms with Gasteiger partial charge in [-0.05, 0) is 32.8 Å². The molecule has 0 bridgehead atoms. The lowest BCUT2D eigenvalue weighted by molar-refractivity contribution is 0.0958. The molecule has 106 valence electrons. The predicted octanol–water partition coefficient (Wildman–Crippen LogP) is 2.96. The van der Waals surface area contributed by atoms with Crippen molar-refractivity contribution in [3.8, 4) is 5.75 Å². The topological polar surface area (TPSA) is 38.5 Å². The van der Waals surface area contributed by atoms with Crippen molar-refractivity contribution in [3.63, 3.8) is 0 Å². The molecular weight excluding hydrogens is 236 g/mol. The molecule has 2 N–H and O–H groups in total. The van der Waals surface area contributed by atoms with Gasteiger partial charge in [-0.3, -0.25) is 4.90 Å². The van der Waals surface area contributed by atoms with E-state index >= 15 is 0 Å². The minimum atomic E-state index is 0.0131. The quantitative estimate of drug-likeness (QED) is 0.906. The zero-order valence-corrected chi connectivity index (χ0v) is 12.3. The average molecular weight is 262 g/mol. The summed E-state index contributed by atoms with van der Waals surface area (Å²) in [5.41, 5.74) is 7.51. The van der Waals surface area contributed by atoms with E-state index in [9.17, 15) is 0 Å². The number of rotatable bonds is 4. The largest absolute Gasteiger partial charge is 0.496 e. The molecule has 2 rings (SSSR count). The van der Waals surface area contributed by atoms with E-state index in [1.807, 2.05) is 18.2 Å². The van der Waals surface area contributed by atoms with E-state index in [4.69, 9.17) is 10.5 Å². The van der Waals surface area contributed by atoms with Crippen LogP contribution in [0.5, 0.6) is 5.75 Å². The van der Waals surface area contributed by atoms with E-state index in [0.717, 1.165) is 17.9 Å². The fraction of sp³-hybridized carbons (Fsp3) is 0.625. The number of ether oxygens (including phenoxy) is 1. The Morgan fingerprint density at radius 3 is 2.53 bits per heavy atom. The molecule has 0 aliphatic carbocycles. The Balaban J connectivity index is 2.09. The lowest BCUT2D eigenvalue weighted by Crippen LogP contribution is -2.46. The van der Waals surface area contributed by atoms with E-state index in [2.05, 4.69) is 24.8 Å². The molecular formula is C16H26N2O. The molecule has 1 fully saturated rings. The minimum absolute atomic E-state index is 0.0131. The highest BCUT2D eigenvalue weighted by Gasteiger charge is 2.27. The van der Waals surface area contributed by atoms with Crippen LogP contribution in [-0.2, 0) is 0 Å². The van der Waals surface area contributed by atoms with Crippen LogP contribution < -0.4 is 10.5 Å². The zero-order valence-electron chi connectivity index (χ0n) is 12.3. The molecule has 1 aliphatic rings. The molecule has 0 spiro atoms. The summed E-state index contributed by atoms with van der Waals surface area (Å²) in [6, 6.07) is 9.34. The first-order chi connectivity index (χ1) is 9.13. The lowest BCUT2D eigenvalue weighted by Gasteiger charge is -2.40. The van der Waals surface area contributed by atoms with Crippen LogP contribution >= 0.6 is 0 Å².